The number of anilines is 2. The Morgan fingerprint density at radius 2 is 1.69 bits per heavy atom. The van der Waals surface area contributed by atoms with E-state index in [-0.39, 0.29) is 11.7 Å². The average molecular weight is 382 g/mol. The second-order valence-corrected chi connectivity index (χ2v) is 6.54. The van der Waals surface area contributed by atoms with Gasteiger partial charge in [-0.2, -0.15) is 0 Å². The Balaban J connectivity index is 1.61. The van der Waals surface area contributed by atoms with Crippen LogP contribution in [0.5, 0.6) is 0 Å². The topological polar surface area (TPSA) is 131 Å². The third kappa shape index (κ3) is 3.74. The van der Waals surface area contributed by atoms with Crippen LogP contribution in [0.15, 0.2) is 73.2 Å². The first-order chi connectivity index (χ1) is 14.0. The van der Waals surface area contributed by atoms with Gasteiger partial charge in [-0.05, 0) is 47.2 Å². The third-order valence-electron chi connectivity index (χ3n) is 4.56. The summed E-state index contributed by atoms with van der Waals surface area (Å²) in [5, 5.41) is 12.3. The number of nitrogens with zero attached hydrogens (tertiary/aromatic N) is 2. The molecule has 0 fully saturated rings. The fraction of sp³-hybridized carbons (Fsp3) is 0. The molecular weight excluding hydrogens is 364 g/mol. The molecule has 0 aliphatic rings. The van der Waals surface area contributed by atoms with E-state index in [1.165, 1.54) is 0 Å². The van der Waals surface area contributed by atoms with Gasteiger partial charge in [-0.15, -0.1) is 0 Å². The molecule has 0 unspecified atom stereocenters. The zero-order valence-electron chi connectivity index (χ0n) is 15.4. The molecule has 0 saturated carbocycles. The van der Waals surface area contributed by atoms with Gasteiger partial charge in [0.15, 0.2) is 0 Å². The monoisotopic (exact) mass is 382 g/mol. The van der Waals surface area contributed by atoms with E-state index in [4.69, 9.17) is 16.9 Å². The van der Waals surface area contributed by atoms with Crippen LogP contribution in [0, 0.1) is 5.41 Å². The lowest BCUT2D eigenvalue weighted by Gasteiger charge is -2.10. The van der Waals surface area contributed by atoms with Crippen molar-refractivity contribution in [3.63, 3.8) is 0 Å². The summed E-state index contributed by atoms with van der Waals surface area (Å²) in [6.07, 6.45) is 4.76. The summed E-state index contributed by atoms with van der Waals surface area (Å²) in [6, 6.07) is 16.1. The summed E-state index contributed by atoms with van der Waals surface area (Å²) >= 11 is 0. The molecule has 1 amide bonds. The molecule has 6 N–H and O–H groups in total. The summed E-state index contributed by atoms with van der Waals surface area (Å²) in [7, 11) is 0. The second-order valence-electron chi connectivity index (χ2n) is 6.54. The molecule has 0 radical (unpaired) electrons. The quantitative estimate of drug-likeness (QED) is 0.244. The third-order valence-corrected chi connectivity index (χ3v) is 4.56. The van der Waals surface area contributed by atoms with Gasteiger partial charge in [-0.25, -0.2) is 0 Å². The summed E-state index contributed by atoms with van der Waals surface area (Å²) < 4.78 is 0. The number of hydrogen-bond donors (Lipinski definition) is 4. The predicted molar refractivity (Wildman–Crippen MR) is 115 cm³/mol. The summed E-state index contributed by atoms with van der Waals surface area (Å²) in [6.45, 7) is 0. The molecule has 1 aromatic heterocycles. The number of fused-ring (bicyclic) bond motifs is 1. The van der Waals surface area contributed by atoms with Gasteiger partial charge in [0.25, 0.3) is 5.91 Å². The minimum atomic E-state index is -0.255. The van der Waals surface area contributed by atoms with Gasteiger partial charge in [0.05, 0.1) is 11.9 Å². The molecule has 4 aromatic rings. The molecule has 0 aliphatic carbocycles. The van der Waals surface area contributed by atoms with Crippen molar-refractivity contribution in [2.45, 2.75) is 0 Å². The largest absolute Gasteiger partial charge is 0.398 e. The number of amides is 1. The molecule has 0 atom stereocenters. The lowest BCUT2D eigenvalue weighted by atomic mass is 10.0. The van der Waals surface area contributed by atoms with Crippen molar-refractivity contribution in [3.05, 3.63) is 84.3 Å². The summed E-state index contributed by atoms with van der Waals surface area (Å²) in [5.74, 6) is -0.235. The first-order valence-electron chi connectivity index (χ1n) is 8.87. The van der Waals surface area contributed by atoms with E-state index < -0.39 is 0 Å². The maximum atomic E-state index is 12.8. The van der Waals surface area contributed by atoms with Gasteiger partial charge in [-0.1, -0.05) is 18.2 Å². The number of carbonyl (C=O) groups excluding carboxylic acids is 1. The van der Waals surface area contributed by atoms with Crippen LogP contribution < -0.4 is 16.8 Å². The second kappa shape index (κ2) is 7.40. The Morgan fingerprint density at radius 1 is 0.931 bits per heavy atom. The van der Waals surface area contributed by atoms with E-state index in [0.29, 0.717) is 33.8 Å². The number of benzene rings is 3. The fourth-order valence-electron chi connectivity index (χ4n) is 3.05. The van der Waals surface area contributed by atoms with Crippen molar-refractivity contribution < 1.29 is 4.79 Å². The molecular formula is C22H18N6O. The average Bonchev–Trinajstić information content (AvgIpc) is 2.74. The SMILES string of the molecule is N=C(N)c1ccc2cc(NC(=O)c3ccc(N)c(-c4cnccn4)c3)ccc2c1. The highest BCUT2D eigenvalue weighted by atomic mass is 16.1. The molecule has 7 nitrogen and oxygen atoms in total. The van der Waals surface area contributed by atoms with Crippen molar-refractivity contribution in [3.8, 4) is 11.3 Å². The van der Waals surface area contributed by atoms with Crippen LogP contribution in [0.3, 0.4) is 0 Å². The Morgan fingerprint density at radius 3 is 2.45 bits per heavy atom. The van der Waals surface area contributed by atoms with Crippen LogP contribution >= 0.6 is 0 Å². The molecule has 0 saturated heterocycles. The number of hydrogen-bond acceptors (Lipinski definition) is 5. The van der Waals surface area contributed by atoms with Gasteiger partial charge in [0.2, 0.25) is 0 Å². The Kier molecular flexibility index (Phi) is 4.62. The maximum absolute atomic E-state index is 12.8. The van der Waals surface area contributed by atoms with Crippen molar-refractivity contribution in [1.82, 2.24) is 9.97 Å². The van der Waals surface area contributed by atoms with Gasteiger partial charge in [-0.3, -0.25) is 20.2 Å². The van der Waals surface area contributed by atoms with E-state index in [0.717, 1.165) is 10.8 Å². The zero-order chi connectivity index (χ0) is 20.4. The van der Waals surface area contributed by atoms with Crippen LogP contribution in [0.25, 0.3) is 22.0 Å². The molecule has 29 heavy (non-hydrogen) atoms. The smallest absolute Gasteiger partial charge is 0.255 e. The van der Waals surface area contributed by atoms with E-state index >= 15 is 0 Å². The van der Waals surface area contributed by atoms with Gasteiger partial charge >= 0.3 is 0 Å². The molecule has 0 bridgehead atoms. The Bertz CT molecular complexity index is 1240. The number of amidine groups is 1. The first-order valence-corrected chi connectivity index (χ1v) is 8.87. The molecule has 4 rings (SSSR count). The number of nitrogens with two attached hydrogens (primary N) is 2. The molecule has 3 aromatic carbocycles. The minimum absolute atomic E-state index is 0.0199. The van der Waals surface area contributed by atoms with Gasteiger partial charge in [0, 0.05) is 40.5 Å². The van der Waals surface area contributed by atoms with Crippen LogP contribution in [0.2, 0.25) is 0 Å². The van der Waals surface area contributed by atoms with Crippen molar-refractivity contribution in [2.24, 2.45) is 5.73 Å². The first kappa shape index (κ1) is 18.1. The fourth-order valence-corrected chi connectivity index (χ4v) is 3.05. The standard InChI is InChI=1S/C22H18N6O/c23-19-6-4-16(11-18(19)20-12-26-7-8-27-20)22(29)28-17-5-3-13-9-15(21(24)25)2-1-14(13)10-17/h1-12H,23H2,(H3,24,25)(H,28,29). The van der Waals surface area contributed by atoms with E-state index in [2.05, 4.69) is 15.3 Å². The van der Waals surface area contributed by atoms with Crippen molar-refractivity contribution >= 4 is 33.9 Å². The molecule has 142 valence electrons. The van der Waals surface area contributed by atoms with Crippen molar-refractivity contribution in [1.29, 1.82) is 5.41 Å². The lowest BCUT2D eigenvalue weighted by Crippen LogP contribution is -2.12. The van der Waals surface area contributed by atoms with Gasteiger partial charge in [0.1, 0.15) is 5.84 Å². The summed E-state index contributed by atoms with van der Waals surface area (Å²) in [5.41, 5.74) is 15.2. The van der Waals surface area contributed by atoms with E-state index in [1.807, 2.05) is 30.3 Å². The molecule has 7 heteroatoms. The van der Waals surface area contributed by atoms with E-state index in [9.17, 15) is 4.79 Å². The highest BCUT2D eigenvalue weighted by Gasteiger charge is 2.12. The van der Waals surface area contributed by atoms with Crippen LogP contribution in [-0.2, 0) is 0 Å². The number of nitrogens with one attached hydrogen (secondary N) is 2. The number of aromatic nitrogens is 2. The number of rotatable bonds is 4. The van der Waals surface area contributed by atoms with Crippen molar-refractivity contribution in [2.75, 3.05) is 11.1 Å². The molecule has 0 spiro atoms. The summed E-state index contributed by atoms with van der Waals surface area (Å²) in [4.78, 5) is 21.1. The van der Waals surface area contributed by atoms with Crippen LogP contribution in [0.4, 0.5) is 11.4 Å². The van der Waals surface area contributed by atoms with Gasteiger partial charge < -0.3 is 16.8 Å². The minimum Gasteiger partial charge on any atom is -0.398 e. The normalized spacial score (nSPS) is 10.6. The zero-order valence-corrected chi connectivity index (χ0v) is 15.4. The number of nitrogen functional groups attached to an aromatic ring is 2. The predicted octanol–water partition coefficient (Wildman–Crippen LogP) is 3.42. The number of carbonyl (C=O) groups is 1. The highest BCUT2D eigenvalue weighted by Crippen LogP contribution is 2.26. The van der Waals surface area contributed by atoms with Crippen LogP contribution in [-0.4, -0.2) is 21.7 Å². The lowest BCUT2D eigenvalue weighted by molar-refractivity contribution is 0.102. The molecule has 0 aliphatic heterocycles. The Labute approximate surface area is 166 Å². The van der Waals surface area contributed by atoms with Crippen LogP contribution in [0.1, 0.15) is 15.9 Å². The Hall–Kier alpha value is -4.26. The maximum Gasteiger partial charge on any atom is 0.255 e. The van der Waals surface area contributed by atoms with E-state index in [1.54, 1.807) is 42.9 Å². The highest BCUT2D eigenvalue weighted by molar-refractivity contribution is 6.06. The molecule has 1 heterocycles.